The largest absolute Gasteiger partial charge is 0.368 e. The van der Waals surface area contributed by atoms with Crippen LogP contribution in [0, 0.1) is 6.92 Å². The van der Waals surface area contributed by atoms with E-state index >= 15 is 0 Å². The van der Waals surface area contributed by atoms with Gasteiger partial charge in [0.15, 0.2) is 0 Å². The van der Waals surface area contributed by atoms with Crippen molar-refractivity contribution in [3.05, 3.63) is 29.3 Å². The lowest BCUT2D eigenvalue weighted by Crippen LogP contribution is -2.41. The first-order valence-corrected chi connectivity index (χ1v) is 6.45. The van der Waals surface area contributed by atoms with Crippen LogP contribution in [-0.4, -0.2) is 19.2 Å². The van der Waals surface area contributed by atoms with Crippen LogP contribution in [0.3, 0.4) is 0 Å². The predicted octanol–water partition coefficient (Wildman–Crippen LogP) is 2.42. The number of nitrogens with zero attached hydrogens (tertiary/aromatic N) is 1. The molecule has 17 heavy (non-hydrogen) atoms. The van der Waals surface area contributed by atoms with Crippen LogP contribution >= 0.6 is 0 Å². The van der Waals surface area contributed by atoms with Crippen molar-refractivity contribution < 1.29 is 4.84 Å². The van der Waals surface area contributed by atoms with Crippen LogP contribution in [0.2, 0.25) is 0 Å². The van der Waals surface area contributed by atoms with Crippen molar-refractivity contribution in [2.24, 2.45) is 5.90 Å². The van der Waals surface area contributed by atoms with Gasteiger partial charge in [-0.2, -0.15) is 0 Å². The zero-order valence-electron chi connectivity index (χ0n) is 10.8. The molecule has 0 aromatic heterocycles. The van der Waals surface area contributed by atoms with Gasteiger partial charge in [0, 0.05) is 18.8 Å². The van der Waals surface area contributed by atoms with Gasteiger partial charge < -0.3 is 4.90 Å². The Hall–Kier alpha value is -1.06. The minimum absolute atomic E-state index is 0.174. The van der Waals surface area contributed by atoms with Crippen LogP contribution in [0.4, 0.5) is 5.69 Å². The van der Waals surface area contributed by atoms with E-state index in [-0.39, 0.29) is 6.10 Å². The molecular formula is C14H22N2O. The number of piperidine rings is 1. The molecule has 0 spiro atoms. The highest BCUT2D eigenvalue weighted by molar-refractivity contribution is 5.59. The van der Waals surface area contributed by atoms with Gasteiger partial charge in [0.2, 0.25) is 0 Å². The molecule has 0 bridgehead atoms. The Kier molecular flexibility index (Phi) is 4.02. The molecule has 1 aliphatic heterocycles. The lowest BCUT2D eigenvalue weighted by atomic mass is 10.0. The zero-order chi connectivity index (χ0) is 12.3. The summed E-state index contributed by atoms with van der Waals surface area (Å²) in [7, 11) is 0. The van der Waals surface area contributed by atoms with E-state index in [0.29, 0.717) is 0 Å². The molecule has 0 saturated carbocycles. The van der Waals surface area contributed by atoms with Gasteiger partial charge in [0.05, 0.1) is 6.10 Å². The fourth-order valence-electron chi connectivity index (χ4n) is 2.71. The summed E-state index contributed by atoms with van der Waals surface area (Å²) in [5.41, 5.74) is 4.15. The molecule has 1 aromatic carbocycles. The first-order valence-electron chi connectivity index (χ1n) is 6.45. The number of anilines is 1. The monoisotopic (exact) mass is 234 g/mol. The third-order valence-corrected chi connectivity index (χ3v) is 3.59. The van der Waals surface area contributed by atoms with E-state index < -0.39 is 0 Å². The fourth-order valence-corrected chi connectivity index (χ4v) is 2.71. The summed E-state index contributed by atoms with van der Waals surface area (Å²) in [6, 6.07) is 6.54. The maximum atomic E-state index is 5.33. The van der Waals surface area contributed by atoms with Crippen LogP contribution in [0.25, 0.3) is 0 Å². The second-order valence-electron chi connectivity index (χ2n) is 4.78. The molecule has 1 saturated heterocycles. The molecule has 94 valence electrons. The van der Waals surface area contributed by atoms with Crippen LogP contribution < -0.4 is 10.8 Å². The summed E-state index contributed by atoms with van der Waals surface area (Å²) in [6.07, 6.45) is 3.47. The quantitative estimate of drug-likeness (QED) is 0.816. The van der Waals surface area contributed by atoms with Crippen LogP contribution in [-0.2, 0) is 11.3 Å². The maximum Gasteiger partial charge on any atom is 0.0962 e. The second-order valence-corrected chi connectivity index (χ2v) is 4.78. The highest BCUT2D eigenvalue weighted by atomic mass is 16.6. The molecule has 2 rings (SSSR count). The third-order valence-electron chi connectivity index (χ3n) is 3.59. The number of para-hydroxylation sites is 1. The van der Waals surface area contributed by atoms with Crippen molar-refractivity contribution in [3.8, 4) is 0 Å². The van der Waals surface area contributed by atoms with Crippen molar-refractivity contribution >= 4 is 5.69 Å². The molecule has 1 atom stereocenters. The van der Waals surface area contributed by atoms with Crippen molar-refractivity contribution in [2.45, 2.75) is 39.2 Å². The average molecular weight is 234 g/mol. The van der Waals surface area contributed by atoms with E-state index in [1.165, 1.54) is 16.8 Å². The normalized spacial score (nSPS) is 20.6. The molecular weight excluding hydrogens is 212 g/mol. The number of rotatable bonds is 3. The minimum Gasteiger partial charge on any atom is -0.368 e. The molecule has 3 heteroatoms. The van der Waals surface area contributed by atoms with Gasteiger partial charge in [-0.1, -0.05) is 25.1 Å². The van der Waals surface area contributed by atoms with E-state index in [1.807, 2.05) is 0 Å². The second kappa shape index (κ2) is 5.52. The first kappa shape index (κ1) is 12.4. The molecule has 1 aliphatic rings. The number of benzene rings is 1. The van der Waals surface area contributed by atoms with Gasteiger partial charge in [0.1, 0.15) is 0 Å². The molecule has 0 radical (unpaired) electrons. The van der Waals surface area contributed by atoms with Gasteiger partial charge >= 0.3 is 0 Å². The van der Waals surface area contributed by atoms with E-state index in [0.717, 1.165) is 32.4 Å². The van der Waals surface area contributed by atoms with Gasteiger partial charge in [-0.3, -0.25) is 4.84 Å². The van der Waals surface area contributed by atoms with E-state index in [2.05, 4.69) is 36.9 Å². The smallest absolute Gasteiger partial charge is 0.0962 e. The van der Waals surface area contributed by atoms with Gasteiger partial charge in [-0.25, -0.2) is 5.90 Å². The topological polar surface area (TPSA) is 38.5 Å². The molecule has 2 N–H and O–H groups in total. The van der Waals surface area contributed by atoms with Gasteiger partial charge in [0.25, 0.3) is 0 Å². The lowest BCUT2D eigenvalue weighted by Gasteiger charge is -2.35. The Morgan fingerprint density at radius 3 is 3.00 bits per heavy atom. The summed E-state index contributed by atoms with van der Waals surface area (Å²) in [6.45, 7) is 6.41. The summed E-state index contributed by atoms with van der Waals surface area (Å²) in [5, 5.41) is 0. The zero-order valence-corrected chi connectivity index (χ0v) is 10.8. The SMILES string of the molecule is CCc1cccc(C)c1N1CCCC(ON)C1. The molecule has 0 amide bonds. The van der Waals surface area contributed by atoms with Crippen molar-refractivity contribution in [1.29, 1.82) is 0 Å². The summed E-state index contributed by atoms with van der Waals surface area (Å²) in [5.74, 6) is 5.33. The van der Waals surface area contributed by atoms with Crippen LogP contribution in [0.1, 0.15) is 30.9 Å². The summed E-state index contributed by atoms with van der Waals surface area (Å²) >= 11 is 0. The minimum atomic E-state index is 0.174. The Morgan fingerprint density at radius 2 is 2.29 bits per heavy atom. The number of hydrogen-bond donors (Lipinski definition) is 1. The standard InChI is InChI=1S/C14H22N2O/c1-3-12-7-4-6-11(2)14(12)16-9-5-8-13(10-16)17-15/h4,6-7,13H,3,5,8-10,15H2,1-2H3. The number of nitrogens with two attached hydrogens (primary N) is 1. The summed E-state index contributed by atoms with van der Waals surface area (Å²) < 4.78 is 0. The van der Waals surface area contributed by atoms with Crippen LogP contribution in [0.5, 0.6) is 0 Å². The molecule has 3 nitrogen and oxygen atoms in total. The van der Waals surface area contributed by atoms with E-state index in [1.54, 1.807) is 0 Å². The third kappa shape index (κ3) is 2.61. The highest BCUT2D eigenvalue weighted by Crippen LogP contribution is 2.28. The van der Waals surface area contributed by atoms with Gasteiger partial charge in [-0.15, -0.1) is 0 Å². The maximum absolute atomic E-state index is 5.33. The Balaban J connectivity index is 2.26. The van der Waals surface area contributed by atoms with Crippen molar-refractivity contribution in [2.75, 3.05) is 18.0 Å². The first-order chi connectivity index (χ1) is 8.26. The van der Waals surface area contributed by atoms with E-state index in [9.17, 15) is 0 Å². The lowest BCUT2D eigenvalue weighted by molar-refractivity contribution is 0.0434. The fraction of sp³-hybridized carbons (Fsp3) is 0.571. The van der Waals surface area contributed by atoms with Gasteiger partial charge in [-0.05, 0) is 37.3 Å². The molecule has 0 aliphatic carbocycles. The Labute approximate surface area is 104 Å². The van der Waals surface area contributed by atoms with E-state index in [4.69, 9.17) is 10.7 Å². The highest BCUT2D eigenvalue weighted by Gasteiger charge is 2.22. The Bertz CT molecular complexity index is 378. The molecule has 1 aromatic rings. The van der Waals surface area contributed by atoms with Crippen LogP contribution in [0.15, 0.2) is 18.2 Å². The Morgan fingerprint density at radius 1 is 1.47 bits per heavy atom. The molecule has 1 fully saturated rings. The molecule has 1 heterocycles. The van der Waals surface area contributed by atoms with Crippen molar-refractivity contribution in [3.63, 3.8) is 0 Å². The number of aryl methyl sites for hydroxylation is 2. The average Bonchev–Trinajstić information content (AvgIpc) is 2.38. The predicted molar refractivity (Wildman–Crippen MR) is 71.1 cm³/mol. The van der Waals surface area contributed by atoms with Crippen molar-refractivity contribution in [1.82, 2.24) is 0 Å². The summed E-state index contributed by atoms with van der Waals surface area (Å²) in [4.78, 5) is 7.44. The molecule has 1 unspecified atom stereocenters. The number of hydrogen-bond acceptors (Lipinski definition) is 3.